The molecule has 0 aliphatic carbocycles. The van der Waals surface area contributed by atoms with Crippen molar-refractivity contribution in [2.75, 3.05) is 31.7 Å². The molecule has 0 unspecified atom stereocenters. The lowest BCUT2D eigenvalue weighted by molar-refractivity contribution is -0.132. The molecule has 1 heterocycles. The Bertz CT molecular complexity index is 888. The van der Waals surface area contributed by atoms with E-state index in [0.29, 0.717) is 16.3 Å². The number of anilines is 1. The van der Waals surface area contributed by atoms with Gasteiger partial charge in [-0.25, -0.2) is 0 Å². The molecule has 27 heavy (non-hydrogen) atoms. The molecule has 1 aliphatic rings. The summed E-state index contributed by atoms with van der Waals surface area (Å²) in [5.41, 5.74) is 1.17. The van der Waals surface area contributed by atoms with Gasteiger partial charge in [0.25, 0.3) is 5.91 Å². The van der Waals surface area contributed by atoms with Crippen LogP contribution in [-0.4, -0.2) is 54.3 Å². The molecule has 3 rings (SSSR count). The van der Waals surface area contributed by atoms with Gasteiger partial charge in [0.1, 0.15) is 13.2 Å². The van der Waals surface area contributed by atoms with Crippen molar-refractivity contribution >= 4 is 50.9 Å². The molecule has 2 aromatic carbocycles. The van der Waals surface area contributed by atoms with Crippen molar-refractivity contribution in [1.82, 2.24) is 9.80 Å². The van der Waals surface area contributed by atoms with Crippen LogP contribution in [0.2, 0.25) is 5.02 Å². The summed E-state index contributed by atoms with van der Waals surface area (Å²) in [5, 5.41) is 0.575. The Balaban J connectivity index is 1.63. The number of carbonyl (C=O) groups is 3. The molecule has 8 heteroatoms. The summed E-state index contributed by atoms with van der Waals surface area (Å²) in [6.07, 6.45) is 0. The lowest BCUT2D eigenvalue weighted by atomic mass is 10.2. The normalized spacial score (nSPS) is 13.8. The van der Waals surface area contributed by atoms with E-state index < -0.39 is 0 Å². The molecule has 1 saturated heterocycles. The Morgan fingerprint density at radius 2 is 1.89 bits per heavy atom. The van der Waals surface area contributed by atoms with E-state index in [1.165, 1.54) is 14.7 Å². The zero-order valence-electron chi connectivity index (χ0n) is 14.6. The molecule has 0 saturated carbocycles. The first-order chi connectivity index (χ1) is 12.8. The van der Waals surface area contributed by atoms with Gasteiger partial charge in [0, 0.05) is 27.8 Å². The third kappa shape index (κ3) is 4.48. The van der Waals surface area contributed by atoms with Crippen molar-refractivity contribution in [3.63, 3.8) is 0 Å². The first kappa shape index (κ1) is 19.4. The van der Waals surface area contributed by atoms with Crippen molar-refractivity contribution in [3.05, 3.63) is 63.6 Å². The van der Waals surface area contributed by atoms with Gasteiger partial charge in [-0.1, -0.05) is 33.6 Å². The van der Waals surface area contributed by atoms with E-state index in [-0.39, 0.29) is 37.5 Å². The van der Waals surface area contributed by atoms with Gasteiger partial charge in [0.05, 0.1) is 6.54 Å². The molecule has 140 valence electrons. The van der Waals surface area contributed by atoms with Crippen molar-refractivity contribution < 1.29 is 14.4 Å². The SMILES string of the molecule is CN(CC(=O)N1CC(=O)N(c2ccc(Cl)cc2)C1)C(=O)c1cccc(Br)c1. The Hall–Kier alpha value is -2.38. The number of nitrogens with zero attached hydrogens (tertiary/aromatic N) is 3. The van der Waals surface area contributed by atoms with Gasteiger partial charge >= 0.3 is 0 Å². The molecule has 1 fully saturated rings. The predicted octanol–water partition coefficient (Wildman–Crippen LogP) is 3.01. The predicted molar refractivity (Wildman–Crippen MR) is 107 cm³/mol. The summed E-state index contributed by atoms with van der Waals surface area (Å²) in [6.45, 7) is 0.0334. The first-order valence-corrected chi connectivity index (χ1v) is 9.37. The standard InChI is InChI=1S/C19H17BrClN3O3/c1-22(19(27)13-3-2-4-14(20)9-13)10-17(25)23-11-18(26)24(12-23)16-7-5-15(21)6-8-16/h2-9H,10-12H2,1H3. The second kappa shape index (κ2) is 8.10. The highest BCUT2D eigenvalue weighted by molar-refractivity contribution is 9.10. The zero-order valence-corrected chi connectivity index (χ0v) is 16.9. The third-order valence-corrected chi connectivity index (χ3v) is 4.97. The van der Waals surface area contributed by atoms with Gasteiger partial charge in [-0.15, -0.1) is 0 Å². The monoisotopic (exact) mass is 449 g/mol. The third-order valence-electron chi connectivity index (χ3n) is 4.22. The summed E-state index contributed by atoms with van der Waals surface area (Å²) >= 11 is 9.20. The van der Waals surface area contributed by atoms with Crippen LogP contribution in [0.5, 0.6) is 0 Å². The smallest absolute Gasteiger partial charge is 0.254 e. The number of halogens is 2. The fraction of sp³-hybridized carbons (Fsp3) is 0.211. The quantitative estimate of drug-likeness (QED) is 0.719. The van der Waals surface area contributed by atoms with Crippen LogP contribution in [0.15, 0.2) is 53.0 Å². The van der Waals surface area contributed by atoms with Gasteiger partial charge in [-0.05, 0) is 42.5 Å². The zero-order chi connectivity index (χ0) is 19.6. The molecule has 6 nitrogen and oxygen atoms in total. The Morgan fingerprint density at radius 3 is 2.56 bits per heavy atom. The molecule has 0 spiro atoms. The summed E-state index contributed by atoms with van der Waals surface area (Å²) in [4.78, 5) is 41.6. The minimum absolute atomic E-state index is 0.0135. The maximum absolute atomic E-state index is 12.6. The summed E-state index contributed by atoms with van der Waals surface area (Å²) < 4.78 is 0.789. The van der Waals surface area contributed by atoms with Crippen molar-refractivity contribution in [1.29, 1.82) is 0 Å². The molecule has 0 N–H and O–H groups in total. The van der Waals surface area contributed by atoms with E-state index in [4.69, 9.17) is 11.6 Å². The number of likely N-dealkylation sites (N-methyl/N-ethyl adjacent to an activating group) is 1. The lowest BCUT2D eigenvalue weighted by Gasteiger charge is -2.22. The number of rotatable bonds is 4. The Kier molecular flexibility index (Phi) is 5.82. The van der Waals surface area contributed by atoms with Gasteiger partial charge in [0.15, 0.2) is 0 Å². The molecular formula is C19H17BrClN3O3. The minimum Gasteiger partial charge on any atom is -0.332 e. The van der Waals surface area contributed by atoms with Gasteiger partial charge in [0.2, 0.25) is 11.8 Å². The van der Waals surface area contributed by atoms with Gasteiger partial charge in [-0.2, -0.15) is 0 Å². The Labute approximate surface area is 170 Å². The topological polar surface area (TPSA) is 60.9 Å². The fourth-order valence-corrected chi connectivity index (χ4v) is 3.30. The molecule has 2 aromatic rings. The van der Waals surface area contributed by atoms with Crippen LogP contribution in [0.4, 0.5) is 5.69 Å². The highest BCUT2D eigenvalue weighted by Crippen LogP contribution is 2.22. The maximum atomic E-state index is 12.6. The summed E-state index contributed by atoms with van der Waals surface area (Å²) in [7, 11) is 1.57. The summed E-state index contributed by atoms with van der Waals surface area (Å²) in [6, 6.07) is 13.8. The van der Waals surface area contributed by atoms with Gasteiger partial charge in [-0.3, -0.25) is 19.3 Å². The fourth-order valence-electron chi connectivity index (χ4n) is 2.78. The second-order valence-corrected chi connectivity index (χ2v) is 7.55. The number of hydrogen-bond donors (Lipinski definition) is 0. The minimum atomic E-state index is -0.286. The highest BCUT2D eigenvalue weighted by atomic mass is 79.9. The van der Waals surface area contributed by atoms with Crippen LogP contribution in [-0.2, 0) is 9.59 Å². The number of hydrogen-bond acceptors (Lipinski definition) is 3. The molecule has 1 aliphatic heterocycles. The van der Waals surface area contributed by atoms with Crippen molar-refractivity contribution in [2.45, 2.75) is 0 Å². The summed E-state index contributed by atoms with van der Waals surface area (Å²) in [5.74, 6) is -0.720. The van der Waals surface area contributed by atoms with E-state index in [2.05, 4.69) is 15.9 Å². The van der Waals surface area contributed by atoms with E-state index >= 15 is 0 Å². The molecule has 0 aromatic heterocycles. The van der Waals surface area contributed by atoms with Crippen LogP contribution in [0.25, 0.3) is 0 Å². The van der Waals surface area contributed by atoms with E-state index in [1.807, 2.05) is 6.07 Å². The number of amides is 3. The molecule has 0 radical (unpaired) electrons. The molecule has 0 bridgehead atoms. The van der Waals surface area contributed by atoms with Crippen LogP contribution in [0.1, 0.15) is 10.4 Å². The van der Waals surface area contributed by atoms with Crippen LogP contribution in [0, 0.1) is 0 Å². The maximum Gasteiger partial charge on any atom is 0.254 e. The average Bonchev–Trinajstić information content (AvgIpc) is 3.03. The van der Waals surface area contributed by atoms with Gasteiger partial charge < -0.3 is 9.80 Å². The Morgan fingerprint density at radius 1 is 1.19 bits per heavy atom. The van der Waals surface area contributed by atoms with E-state index in [9.17, 15) is 14.4 Å². The molecule has 0 atom stereocenters. The number of benzene rings is 2. The largest absolute Gasteiger partial charge is 0.332 e. The van der Waals surface area contributed by atoms with Crippen LogP contribution in [0.3, 0.4) is 0 Å². The second-order valence-electron chi connectivity index (χ2n) is 6.20. The number of carbonyl (C=O) groups excluding carboxylic acids is 3. The van der Waals surface area contributed by atoms with Crippen molar-refractivity contribution in [3.8, 4) is 0 Å². The lowest BCUT2D eigenvalue weighted by Crippen LogP contribution is -2.40. The highest BCUT2D eigenvalue weighted by Gasteiger charge is 2.32. The van der Waals surface area contributed by atoms with Crippen LogP contribution < -0.4 is 4.90 Å². The van der Waals surface area contributed by atoms with Crippen LogP contribution >= 0.6 is 27.5 Å². The van der Waals surface area contributed by atoms with E-state index in [0.717, 1.165) is 4.47 Å². The molecular weight excluding hydrogens is 434 g/mol. The molecule has 3 amide bonds. The van der Waals surface area contributed by atoms with E-state index in [1.54, 1.807) is 49.5 Å². The first-order valence-electron chi connectivity index (χ1n) is 8.20. The van der Waals surface area contributed by atoms with Crippen molar-refractivity contribution in [2.24, 2.45) is 0 Å². The average molecular weight is 451 g/mol.